The average Bonchev–Trinajstić information content (AvgIpc) is 3.50. The summed E-state index contributed by atoms with van der Waals surface area (Å²) in [6.07, 6.45) is -1.15. The first-order valence-electron chi connectivity index (χ1n) is 8.61. The van der Waals surface area contributed by atoms with E-state index in [2.05, 4.69) is 9.97 Å². The Morgan fingerprint density at radius 1 is 1.04 bits per heavy atom. The number of rotatable bonds is 4. The number of halogens is 3. The second-order valence-corrected chi connectivity index (χ2v) is 6.60. The lowest BCUT2D eigenvalue weighted by molar-refractivity contribution is -0.137. The SMILES string of the molecule is O=C(c1cnc2ccccc2n1)N(Cc1ccc(C(F)(F)F)cc1)C1CC1. The van der Waals surface area contributed by atoms with Crippen molar-refractivity contribution in [2.75, 3.05) is 0 Å². The highest BCUT2D eigenvalue weighted by atomic mass is 19.4. The first-order valence-corrected chi connectivity index (χ1v) is 8.61. The van der Waals surface area contributed by atoms with Crippen LogP contribution in [0.5, 0.6) is 0 Å². The third-order valence-corrected chi connectivity index (χ3v) is 4.55. The molecular weight excluding hydrogens is 355 g/mol. The van der Waals surface area contributed by atoms with Gasteiger partial charge in [-0.25, -0.2) is 4.98 Å². The first-order chi connectivity index (χ1) is 12.9. The number of nitrogens with zero attached hydrogens (tertiary/aromatic N) is 3. The molecule has 1 amide bonds. The van der Waals surface area contributed by atoms with E-state index in [0.29, 0.717) is 16.6 Å². The highest BCUT2D eigenvalue weighted by Crippen LogP contribution is 2.32. The van der Waals surface area contributed by atoms with Gasteiger partial charge in [-0.15, -0.1) is 0 Å². The number of alkyl halides is 3. The van der Waals surface area contributed by atoms with Crippen LogP contribution < -0.4 is 0 Å². The molecule has 0 aliphatic heterocycles. The summed E-state index contributed by atoms with van der Waals surface area (Å²) in [6, 6.07) is 12.3. The molecule has 0 bridgehead atoms. The number of hydrogen-bond donors (Lipinski definition) is 0. The van der Waals surface area contributed by atoms with Gasteiger partial charge < -0.3 is 4.90 Å². The van der Waals surface area contributed by atoms with E-state index >= 15 is 0 Å². The Labute approximate surface area is 153 Å². The molecule has 1 saturated carbocycles. The van der Waals surface area contributed by atoms with Crippen LogP contribution in [0, 0.1) is 0 Å². The number of aromatic nitrogens is 2. The fourth-order valence-corrected chi connectivity index (χ4v) is 2.96. The summed E-state index contributed by atoms with van der Waals surface area (Å²) in [7, 11) is 0. The van der Waals surface area contributed by atoms with Gasteiger partial charge in [0.25, 0.3) is 5.91 Å². The zero-order valence-electron chi connectivity index (χ0n) is 14.3. The lowest BCUT2D eigenvalue weighted by atomic mass is 10.1. The highest BCUT2D eigenvalue weighted by molar-refractivity contribution is 5.94. The molecule has 138 valence electrons. The molecule has 0 radical (unpaired) electrons. The molecule has 7 heteroatoms. The lowest BCUT2D eigenvalue weighted by Gasteiger charge is -2.22. The molecule has 0 atom stereocenters. The summed E-state index contributed by atoms with van der Waals surface area (Å²) in [4.78, 5) is 23.3. The number of amides is 1. The summed E-state index contributed by atoms with van der Waals surface area (Å²) < 4.78 is 38.2. The van der Waals surface area contributed by atoms with Gasteiger partial charge in [0, 0.05) is 12.6 Å². The van der Waals surface area contributed by atoms with E-state index in [0.717, 1.165) is 25.0 Å². The summed E-state index contributed by atoms with van der Waals surface area (Å²) in [5, 5.41) is 0. The molecule has 1 heterocycles. The normalized spacial score (nSPS) is 14.3. The van der Waals surface area contributed by atoms with Crippen molar-refractivity contribution < 1.29 is 18.0 Å². The van der Waals surface area contributed by atoms with Crippen LogP contribution >= 0.6 is 0 Å². The monoisotopic (exact) mass is 371 g/mol. The van der Waals surface area contributed by atoms with Crippen LogP contribution in [0.3, 0.4) is 0 Å². The van der Waals surface area contributed by atoms with Crippen LogP contribution in [0.1, 0.15) is 34.5 Å². The quantitative estimate of drug-likeness (QED) is 0.681. The molecule has 0 N–H and O–H groups in total. The lowest BCUT2D eigenvalue weighted by Crippen LogP contribution is -2.33. The van der Waals surface area contributed by atoms with E-state index < -0.39 is 11.7 Å². The van der Waals surface area contributed by atoms with Crippen molar-refractivity contribution >= 4 is 16.9 Å². The predicted octanol–water partition coefficient (Wildman–Crippen LogP) is 4.45. The van der Waals surface area contributed by atoms with E-state index in [1.54, 1.807) is 11.0 Å². The second-order valence-electron chi connectivity index (χ2n) is 6.60. The number of hydrogen-bond acceptors (Lipinski definition) is 3. The second kappa shape index (κ2) is 6.64. The summed E-state index contributed by atoms with van der Waals surface area (Å²) in [6.45, 7) is 0.246. The molecule has 1 aliphatic carbocycles. The van der Waals surface area contributed by atoms with Crippen LogP contribution in [-0.2, 0) is 12.7 Å². The molecule has 4 nitrogen and oxygen atoms in total. The zero-order chi connectivity index (χ0) is 19.0. The molecule has 3 aromatic rings. The van der Waals surface area contributed by atoms with Crippen molar-refractivity contribution in [3.63, 3.8) is 0 Å². The Morgan fingerprint density at radius 3 is 2.33 bits per heavy atom. The van der Waals surface area contributed by atoms with Crippen molar-refractivity contribution in [2.45, 2.75) is 31.6 Å². The van der Waals surface area contributed by atoms with Gasteiger partial charge in [0.15, 0.2) is 0 Å². The maximum Gasteiger partial charge on any atom is 0.416 e. The molecule has 0 unspecified atom stereocenters. The maximum atomic E-state index is 12.9. The maximum absolute atomic E-state index is 12.9. The standard InChI is InChI=1S/C20H16F3N3O/c21-20(22,23)14-7-5-13(6-8-14)12-26(15-9-10-15)19(27)18-11-24-16-3-1-2-4-17(16)25-18/h1-8,11,15H,9-10,12H2. The van der Waals surface area contributed by atoms with Crippen molar-refractivity contribution in [2.24, 2.45) is 0 Å². The molecule has 1 fully saturated rings. The van der Waals surface area contributed by atoms with E-state index in [9.17, 15) is 18.0 Å². The van der Waals surface area contributed by atoms with Crippen LogP contribution in [-0.4, -0.2) is 26.8 Å². The van der Waals surface area contributed by atoms with Gasteiger partial charge in [-0.2, -0.15) is 13.2 Å². The van der Waals surface area contributed by atoms with Crippen LogP contribution in [0.15, 0.2) is 54.7 Å². The van der Waals surface area contributed by atoms with Crippen molar-refractivity contribution in [1.29, 1.82) is 0 Å². The summed E-state index contributed by atoms with van der Waals surface area (Å²) in [5.74, 6) is -0.254. The Kier molecular flexibility index (Phi) is 4.30. The minimum Gasteiger partial charge on any atom is -0.330 e. The number of carbonyl (C=O) groups is 1. The molecule has 4 rings (SSSR count). The summed E-state index contributed by atoms with van der Waals surface area (Å²) in [5.41, 5.74) is 1.53. The zero-order valence-corrected chi connectivity index (χ0v) is 14.3. The Morgan fingerprint density at radius 2 is 1.70 bits per heavy atom. The van der Waals surface area contributed by atoms with Crippen molar-refractivity contribution in [1.82, 2.24) is 14.9 Å². The molecule has 0 spiro atoms. The Balaban J connectivity index is 1.57. The van der Waals surface area contributed by atoms with Crippen LogP contribution in [0.25, 0.3) is 11.0 Å². The van der Waals surface area contributed by atoms with Crippen LogP contribution in [0.4, 0.5) is 13.2 Å². The summed E-state index contributed by atoms with van der Waals surface area (Å²) >= 11 is 0. The average molecular weight is 371 g/mol. The molecular formula is C20H16F3N3O. The number of fused-ring (bicyclic) bond motifs is 1. The Hall–Kier alpha value is -2.96. The van der Waals surface area contributed by atoms with Crippen molar-refractivity contribution in [3.8, 4) is 0 Å². The fourth-order valence-electron chi connectivity index (χ4n) is 2.96. The third-order valence-electron chi connectivity index (χ3n) is 4.55. The van der Waals surface area contributed by atoms with Crippen LogP contribution in [0.2, 0.25) is 0 Å². The van der Waals surface area contributed by atoms with Crippen molar-refractivity contribution in [3.05, 3.63) is 71.5 Å². The van der Waals surface area contributed by atoms with E-state index in [4.69, 9.17) is 0 Å². The van der Waals surface area contributed by atoms with E-state index in [1.165, 1.54) is 18.3 Å². The van der Waals surface area contributed by atoms with Gasteiger partial charge in [0.2, 0.25) is 0 Å². The minimum absolute atomic E-state index is 0.0908. The van der Waals surface area contributed by atoms with Gasteiger partial charge in [-0.1, -0.05) is 24.3 Å². The predicted molar refractivity (Wildman–Crippen MR) is 93.9 cm³/mol. The van der Waals surface area contributed by atoms with E-state index in [1.807, 2.05) is 18.2 Å². The molecule has 27 heavy (non-hydrogen) atoms. The van der Waals surface area contributed by atoms with Gasteiger partial charge >= 0.3 is 6.18 Å². The van der Waals surface area contributed by atoms with Gasteiger partial charge in [0.05, 0.1) is 22.8 Å². The molecule has 2 aromatic carbocycles. The van der Waals surface area contributed by atoms with Gasteiger partial charge in [-0.05, 0) is 42.7 Å². The molecule has 0 saturated heterocycles. The highest BCUT2D eigenvalue weighted by Gasteiger charge is 2.34. The van der Waals surface area contributed by atoms with Gasteiger partial charge in [-0.3, -0.25) is 9.78 Å². The number of benzene rings is 2. The number of carbonyl (C=O) groups excluding carboxylic acids is 1. The third kappa shape index (κ3) is 3.77. The molecule has 1 aromatic heterocycles. The number of para-hydroxylation sites is 2. The van der Waals surface area contributed by atoms with E-state index in [-0.39, 0.29) is 24.2 Å². The topological polar surface area (TPSA) is 46.1 Å². The first kappa shape index (κ1) is 17.5. The van der Waals surface area contributed by atoms with Gasteiger partial charge in [0.1, 0.15) is 5.69 Å². The largest absolute Gasteiger partial charge is 0.416 e. The Bertz CT molecular complexity index is 982. The minimum atomic E-state index is -4.37. The fraction of sp³-hybridized carbons (Fsp3) is 0.250. The molecule has 1 aliphatic rings. The smallest absolute Gasteiger partial charge is 0.330 e.